The van der Waals surface area contributed by atoms with Gasteiger partial charge in [0.25, 0.3) is 11.3 Å². The summed E-state index contributed by atoms with van der Waals surface area (Å²) in [7, 11) is 0. The number of carbonyl (C=O) groups is 2. The zero-order valence-electron chi connectivity index (χ0n) is 12.6. The third-order valence-corrected chi connectivity index (χ3v) is 4.98. The Morgan fingerprint density at radius 1 is 1.20 bits per heavy atom. The molecular formula is C16H10F2N2O5. The molecule has 0 saturated heterocycles. The molecule has 2 atom stereocenters. The molecule has 1 N–H and O–H groups in total. The van der Waals surface area contributed by atoms with Crippen LogP contribution < -0.4 is 10.5 Å². The second-order valence-corrected chi connectivity index (χ2v) is 6.32. The highest BCUT2D eigenvalue weighted by Crippen LogP contribution is 2.49. The summed E-state index contributed by atoms with van der Waals surface area (Å²) in [6.07, 6.45) is 1.41. The van der Waals surface area contributed by atoms with Crippen LogP contribution in [0.15, 0.2) is 44.3 Å². The van der Waals surface area contributed by atoms with Crippen molar-refractivity contribution in [2.24, 2.45) is 5.92 Å². The van der Waals surface area contributed by atoms with Gasteiger partial charge in [0, 0.05) is 12.3 Å². The molecule has 25 heavy (non-hydrogen) atoms. The number of anilines is 1. The number of allylic oxidation sites excluding steroid dienone is 4. The van der Waals surface area contributed by atoms with Crippen molar-refractivity contribution in [1.29, 1.82) is 0 Å². The number of Topliss-reactive ketones (excluding diaryl/α,β-unsaturated/α-hetero) is 2. The summed E-state index contributed by atoms with van der Waals surface area (Å²) in [5.41, 5.74) is 0.159. The van der Waals surface area contributed by atoms with Crippen LogP contribution in [0.25, 0.3) is 0 Å². The van der Waals surface area contributed by atoms with Crippen LogP contribution in [0, 0.1) is 5.92 Å². The van der Waals surface area contributed by atoms with Crippen LogP contribution in [-0.4, -0.2) is 22.8 Å². The van der Waals surface area contributed by atoms with Gasteiger partial charge in [0.2, 0.25) is 11.7 Å². The molecule has 128 valence electrons. The van der Waals surface area contributed by atoms with E-state index in [-0.39, 0.29) is 42.2 Å². The van der Waals surface area contributed by atoms with Gasteiger partial charge in [-0.1, -0.05) is 0 Å². The highest BCUT2D eigenvalue weighted by Gasteiger charge is 2.52. The Labute approximate surface area is 138 Å². The summed E-state index contributed by atoms with van der Waals surface area (Å²) in [4.78, 5) is 37.4. The average molecular weight is 348 g/mol. The third-order valence-electron chi connectivity index (χ3n) is 4.98. The molecule has 0 bridgehead atoms. The van der Waals surface area contributed by atoms with Crippen LogP contribution in [0.5, 0.6) is 0 Å². The maximum absolute atomic E-state index is 14.3. The largest absolute Gasteiger partial charge is 0.450 e. The van der Waals surface area contributed by atoms with Gasteiger partial charge in [-0.15, -0.1) is 0 Å². The number of hydrogen-bond acceptors (Lipinski definition) is 6. The van der Waals surface area contributed by atoms with Gasteiger partial charge >= 0.3 is 0 Å². The van der Waals surface area contributed by atoms with Crippen LogP contribution in [0.2, 0.25) is 0 Å². The number of ether oxygens (including phenoxy) is 1. The van der Waals surface area contributed by atoms with Gasteiger partial charge in [0.1, 0.15) is 6.04 Å². The lowest BCUT2D eigenvalue weighted by Gasteiger charge is -2.46. The van der Waals surface area contributed by atoms with E-state index in [1.165, 1.54) is 4.90 Å². The molecule has 0 radical (unpaired) electrons. The molecule has 4 aliphatic rings. The van der Waals surface area contributed by atoms with Gasteiger partial charge in [-0.3, -0.25) is 19.3 Å². The van der Waals surface area contributed by atoms with Gasteiger partial charge < -0.3 is 9.26 Å². The highest BCUT2D eigenvalue weighted by molar-refractivity contribution is 6.44. The number of hydrogen-bond donors (Lipinski definition) is 1. The van der Waals surface area contributed by atoms with E-state index in [0.717, 1.165) is 6.08 Å². The Morgan fingerprint density at radius 3 is 2.80 bits per heavy atom. The van der Waals surface area contributed by atoms with E-state index < -0.39 is 40.7 Å². The van der Waals surface area contributed by atoms with Gasteiger partial charge in [0.05, 0.1) is 11.3 Å². The number of carbonyl (C=O) groups excluding carboxylic acids is 2. The summed E-state index contributed by atoms with van der Waals surface area (Å²) >= 11 is 0. The van der Waals surface area contributed by atoms with Crippen molar-refractivity contribution < 1.29 is 27.6 Å². The predicted molar refractivity (Wildman–Crippen MR) is 77.5 cm³/mol. The number of nitrogens with one attached hydrogen (secondary N) is 1. The minimum atomic E-state index is -1.22. The Morgan fingerprint density at radius 2 is 2.00 bits per heavy atom. The second-order valence-electron chi connectivity index (χ2n) is 6.32. The molecule has 9 heteroatoms. The van der Waals surface area contributed by atoms with E-state index in [2.05, 4.69) is 5.16 Å². The molecule has 0 fully saturated rings. The summed E-state index contributed by atoms with van der Waals surface area (Å²) in [5.74, 6) is -5.01. The number of H-pyrrole nitrogens is 1. The average Bonchev–Trinajstić information content (AvgIpc) is 2.96. The van der Waals surface area contributed by atoms with Gasteiger partial charge in [-0.25, -0.2) is 4.39 Å². The zero-order chi connectivity index (χ0) is 17.5. The normalized spacial score (nSPS) is 27.6. The summed E-state index contributed by atoms with van der Waals surface area (Å²) in [6.45, 7) is 0. The Hall–Kier alpha value is -2.97. The highest BCUT2D eigenvalue weighted by atomic mass is 19.2. The molecule has 0 saturated carbocycles. The Balaban J connectivity index is 1.81. The smallest absolute Gasteiger partial charge is 0.285 e. The monoisotopic (exact) mass is 348 g/mol. The van der Waals surface area contributed by atoms with Crippen LogP contribution >= 0.6 is 0 Å². The molecular weight excluding hydrogens is 338 g/mol. The number of halogens is 2. The minimum absolute atomic E-state index is 0.0232. The lowest BCUT2D eigenvalue weighted by Crippen LogP contribution is -2.52. The van der Waals surface area contributed by atoms with E-state index >= 15 is 0 Å². The SMILES string of the molecule is O=C1CCC2=C(OC3=C(F)C(F)=CC4Cc5c(o[nH]c5=O)N2C34)C1=O. The number of nitrogens with zero attached hydrogens (tertiary/aromatic N) is 1. The number of fused-ring (bicyclic) bond motifs is 3. The van der Waals surface area contributed by atoms with E-state index in [4.69, 9.17) is 9.26 Å². The second kappa shape index (κ2) is 4.56. The molecule has 0 spiro atoms. The van der Waals surface area contributed by atoms with Crippen molar-refractivity contribution in [2.75, 3.05) is 4.90 Å². The minimum Gasteiger partial charge on any atom is -0.450 e. The quantitative estimate of drug-likeness (QED) is 0.715. The number of aromatic amines is 1. The van der Waals surface area contributed by atoms with E-state index in [9.17, 15) is 23.2 Å². The van der Waals surface area contributed by atoms with E-state index in [1.807, 2.05) is 0 Å². The van der Waals surface area contributed by atoms with Crippen molar-refractivity contribution in [2.45, 2.75) is 25.3 Å². The molecule has 1 aromatic rings. The topological polar surface area (TPSA) is 92.6 Å². The molecule has 0 aromatic carbocycles. The lowest BCUT2D eigenvalue weighted by molar-refractivity contribution is -0.137. The summed E-state index contributed by atoms with van der Waals surface area (Å²) < 4.78 is 39.0. The van der Waals surface area contributed by atoms with Crippen LogP contribution in [0.1, 0.15) is 18.4 Å². The molecule has 2 unspecified atom stereocenters. The fourth-order valence-corrected chi connectivity index (χ4v) is 3.88. The molecule has 7 nitrogen and oxygen atoms in total. The molecule has 5 rings (SSSR count). The first-order valence-electron chi connectivity index (χ1n) is 7.73. The lowest BCUT2D eigenvalue weighted by atomic mass is 9.81. The van der Waals surface area contributed by atoms with Crippen molar-refractivity contribution in [1.82, 2.24) is 5.16 Å². The van der Waals surface area contributed by atoms with E-state index in [0.29, 0.717) is 5.70 Å². The van der Waals surface area contributed by atoms with Gasteiger partial charge in [-0.2, -0.15) is 9.55 Å². The Kier molecular flexibility index (Phi) is 2.62. The molecule has 2 aliphatic carbocycles. The summed E-state index contributed by atoms with van der Waals surface area (Å²) in [6, 6.07) is -0.772. The number of rotatable bonds is 0. The summed E-state index contributed by atoms with van der Waals surface area (Å²) in [5, 5.41) is 2.22. The maximum atomic E-state index is 14.3. The fourth-order valence-electron chi connectivity index (χ4n) is 3.88. The fraction of sp³-hybridized carbons (Fsp3) is 0.312. The predicted octanol–water partition coefficient (Wildman–Crippen LogP) is 1.54. The molecule has 0 amide bonds. The zero-order valence-corrected chi connectivity index (χ0v) is 12.6. The van der Waals surface area contributed by atoms with Crippen LogP contribution in [0.4, 0.5) is 14.7 Å². The van der Waals surface area contributed by atoms with Crippen molar-refractivity contribution in [3.05, 3.63) is 50.9 Å². The van der Waals surface area contributed by atoms with Crippen molar-refractivity contribution in [3.63, 3.8) is 0 Å². The maximum Gasteiger partial charge on any atom is 0.285 e. The van der Waals surface area contributed by atoms with Crippen molar-refractivity contribution >= 4 is 17.5 Å². The molecule has 3 heterocycles. The number of aromatic nitrogens is 1. The molecule has 2 aliphatic heterocycles. The van der Waals surface area contributed by atoms with Gasteiger partial charge in [0.15, 0.2) is 23.2 Å². The first kappa shape index (κ1) is 14.4. The number of ketones is 2. The third kappa shape index (κ3) is 1.70. The van der Waals surface area contributed by atoms with Gasteiger partial charge in [-0.05, 0) is 18.9 Å². The van der Waals surface area contributed by atoms with Crippen LogP contribution in [0.3, 0.4) is 0 Å². The standard InChI is InChI=1S/C16H10F2N2O5/c17-7-4-5-3-6-15(23)19-25-16(6)20-8-1-2-9(21)12(22)13(8)24-14(10(7)18)11(5)20/h4-5,11H,1-3H2,(H,19,23). The van der Waals surface area contributed by atoms with Crippen LogP contribution in [-0.2, 0) is 20.7 Å². The van der Waals surface area contributed by atoms with Crippen molar-refractivity contribution in [3.8, 4) is 0 Å². The van der Waals surface area contributed by atoms with E-state index in [1.54, 1.807) is 0 Å². The first-order valence-corrected chi connectivity index (χ1v) is 7.73. The first-order chi connectivity index (χ1) is 12.0. The molecule has 1 aromatic heterocycles. The Bertz CT molecular complexity index is 1010.